The van der Waals surface area contributed by atoms with Gasteiger partial charge in [-0.1, -0.05) is 30.3 Å². The molecule has 0 spiro atoms. The van der Waals surface area contributed by atoms with Crippen LogP contribution < -0.4 is 0 Å². The van der Waals surface area contributed by atoms with E-state index in [1.807, 2.05) is 48.2 Å². The zero-order chi connectivity index (χ0) is 20.2. The Morgan fingerprint density at radius 3 is 2.69 bits per heavy atom. The molecule has 0 aliphatic carbocycles. The van der Waals surface area contributed by atoms with Gasteiger partial charge in [-0.3, -0.25) is 4.79 Å². The largest absolute Gasteiger partial charge is 0.508 e. The Morgan fingerprint density at radius 2 is 2.00 bits per heavy atom. The molecule has 0 unspecified atom stereocenters. The van der Waals surface area contributed by atoms with Crippen molar-refractivity contribution >= 4 is 34.6 Å². The summed E-state index contributed by atoms with van der Waals surface area (Å²) in [6.07, 6.45) is 2.92. The van der Waals surface area contributed by atoms with Crippen LogP contribution in [0.1, 0.15) is 33.0 Å². The SMILES string of the molecule is Cc1nc(CSc2ccccc2C(=O)N2CC=C(c3ccc(O)cc3)CC2)cs1. The Hall–Kier alpha value is -2.57. The third-order valence-corrected chi connectivity index (χ3v) is 6.82. The number of thiazole rings is 1. The minimum Gasteiger partial charge on any atom is -0.508 e. The first-order valence-corrected chi connectivity index (χ1v) is 11.4. The highest BCUT2D eigenvalue weighted by molar-refractivity contribution is 7.98. The van der Waals surface area contributed by atoms with Gasteiger partial charge in [0.2, 0.25) is 0 Å². The zero-order valence-electron chi connectivity index (χ0n) is 16.2. The monoisotopic (exact) mass is 422 g/mol. The van der Waals surface area contributed by atoms with Crippen molar-refractivity contribution in [3.63, 3.8) is 0 Å². The number of hydrogen-bond acceptors (Lipinski definition) is 5. The normalized spacial score (nSPS) is 14.0. The molecular weight excluding hydrogens is 400 g/mol. The molecule has 0 saturated carbocycles. The predicted octanol–water partition coefficient (Wildman–Crippen LogP) is 5.38. The van der Waals surface area contributed by atoms with Gasteiger partial charge in [0.15, 0.2) is 0 Å². The molecule has 0 radical (unpaired) electrons. The van der Waals surface area contributed by atoms with E-state index in [0.29, 0.717) is 13.1 Å². The van der Waals surface area contributed by atoms with Crippen LogP contribution in [0.3, 0.4) is 0 Å². The Bertz CT molecular complexity index is 1040. The van der Waals surface area contributed by atoms with Crippen LogP contribution in [-0.4, -0.2) is 34.0 Å². The fourth-order valence-electron chi connectivity index (χ4n) is 3.36. The van der Waals surface area contributed by atoms with Crippen LogP contribution in [0, 0.1) is 6.92 Å². The number of nitrogens with zero attached hydrogens (tertiary/aromatic N) is 2. The van der Waals surface area contributed by atoms with Gasteiger partial charge in [0.05, 0.1) is 16.3 Å². The van der Waals surface area contributed by atoms with Gasteiger partial charge in [-0.2, -0.15) is 0 Å². The number of phenolic OH excluding ortho intramolecular Hbond substituents is 1. The van der Waals surface area contributed by atoms with Gasteiger partial charge in [-0.25, -0.2) is 4.98 Å². The van der Waals surface area contributed by atoms with Crippen molar-refractivity contribution in [1.29, 1.82) is 0 Å². The lowest BCUT2D eigenvalue weighted by atomic mass is 9.99. The van der Waals surface area contributed by atoms with Crippen molar-refractivity contribution < 1.29 is 9.90 Å². The summed E-state index contributed by atoms with van der Waals surface area (Å²) in [5.74, 6) is 1.10. The number of hydrogen-bond donors (Lipinski definition) is 1. The molecule has 6 heteroatoms. The minimum absolute atomic E-state index is 0.0727. The predicted molar refractivity (Wildman–Crippen MR) is 119 cm³/mol. The number of rotatable bonds is 5. The molecule has 1 N–H and O–H groups in total. The van der Waals surface area contributed by atoms with Crippen molar-refractivity contribution in [3.8, 4) is 5.75 Å². The summed E-state index contributed by atoms with van der Waals surface area (Å²) in [4.78, 5) is 20.6. The summed E-state index contributed by atoms with van der Waals surface area (Å²) in [6, 6.07) is 15.1. The van der Waals surface area contributed by atoms with Gasteiger partial charge in [0.1, 0.15) is 5.75 Å². The lowest BCUT2D eigenvalue weighted by Crippen LogP contribution is -2.34. The van der Waals surface area contributed by atoms with E-state index in [9.17, 15) is 9.90 Å². The van der Waals surface area contributed by atoms with E-state index >= 15 is 0 Å². The Kier molecular flexibility index (Phi) is 6.02. The van der Waals surface area contributed by atoms with E-state index in [1.165, 1.54) is 5.57 Å². The van der Waals surface area contributed by atoms with Crippen molar-refractivity contribution in [3.05, 3.63) is 81.8 Å². The molecule has 4 rings (SSSR count). The van der Waals surface area contributed by atoms with Gasteiger partial charge in [0, 0.05) is 29.1 Å². The van der Waals surface area contributed by atoms with Crippen molar-refractivity contribution in [1.82, 2.24) is 9.88 Å². The molecule has 4 nitrogen and oxygen atoms in total. The summed E-state index contributed by atoms with van der Waals surface area (Å²) in [7, 11) is 0. The number of aromatic nitrogens is 1. The van der Waals surface area contributed by atoms with Gasteiger partial charge in [-0.15, -0.1) is 23.1 Å². The van der Waals surface area contributed by atoms with Crippen LogP contribution in [-0.2, 0) is 5.75 Å². The topological polar surface area (TPSA) is 53.4 Å². The van der Waals surface area contributed by atoms with Crippen LogP contribution >= 0.6 is 23.1 Å². The van der Waals surface area contributed by atoms with Crippen LogP contribution in [0.5, 0.6) is 5.75 Å². The number of thioether (sulfide) groups is 1. The van der Waals surface area contributed by atoms with E-state index in [4.69, 9.17) is 0 Å². The van der Waals surface area contributed by atoms with Gasteiger partial charge >= 0.3 is 0 Å². The van der Waals surface area contributed by atoms with Crippen LogP contribution in [0.4, 0.5) is 0 Å². The minimum atomic E-state index is 0.0727. The van der Waals surface area contributed by atoms with Crippen LogP contribution in [0.2, 0.25) is 0 Å². The second-order valence-electron chi connectivity index (χ2n) is 6.92. The van der Waals surface area contributed by atoms with E-state index in [1.54, 1.807) is 35.2 Å². The molecule has 2 heterocycles. The number of benzene rings is 2. The number of aromatic hydroxyl groups is 1. The quantitative estimate of drug-likeness (QED) is 0.561. The Balaban J connectivity index is 1.45. The first-order chi connectivity index (χ1) is 14.1. The standard InChI is InChI=1S/C23H22N2O2S2/c1-16-24-19(14-28-16)15-29-22-5-3-2-4-21(22)23(27)25-12-10-18(11-13-25)17-6-8-20(26)9-7-17/h2-10,14,26H,11-13,15H2,1H3. The first kappa shape index (κ1) is 19.7. The molecule has 1 aliphatic rings. The smallest absolute Gasteiger partial charge is 0.255 e. The van der Waals surface area contributed by atoms with E-state index < -0.39 is 0 Å². The number of amides is 1. The summed E-state index contributed by atoms with van der Waals surface area (Å²) in [5, 5.41) is 12.6. The van der Waals surface area contributed by atoms with Gasteiger partial charge in [-0.05, 0) is 48.7 Å². The number of aryl methyl sites for hydroxylation is 1. The van der Waals surface area contributed by atoms with Crippen molar-refractivity contribution in [2.24, 2.45) is 0 Å². The van der Waals surface area contributed by atoms with Crippen molar-refractivity contribution in [2.45, 2.75) is 24.0 Å². The third-order valence-electron chi connectivity index (χ3n) is 4.89. The molecule has 1 aromatic heterocycles. The maximum absolute atomic E-state index is 13.2. The lowest BCUT2D eigenvalue weighted by Gasteiger charge is -2.27. The molecule has 3 aromatic rings. The van der Waals surface area contributed by atoms with E-state index in [-0.39, 0.29) is 11.7 Å². The molecule has 0 atom stereocenters. The van der Waals surface area contributed by atoms with Gasteiger partial charge in [0.25, 0.3) is 5.91 Å². The molecule has 0 bridgehead atoms. The molecule has 148 valence electrons. The van der Waals surface area contributed by atoms with Crippen molar-refractivity contribution in [2.75, 3.05) is 13.1 Å². The lowest BCUT2D eigenvalue weighted by molar-refractivity contribution is 0.0769. The summed E-state index contributed by atoms with van der Waals surface area (Å²) < 4.78 is 0. The third kappa shape index (κ3) is 4.71. The summed E-state index contributed by atoms with van der Waals surface area (Å²) >= 11 is 3.31. The average molecular weight is 423 g/mol. The highest BCUT2D eigenvalue weighted by Gasteiger charge is 2.21. The van der Waals surface area contributed by atoms with Gasteiger partial charge < -0.3 is 10.0 Å². The second kappa shape index (κ2) is 8.84. The zero-order valence-corrected chi connectivity index (χ0v) is 17.8. The molecule has 2 aromatic carbocycles. The van der Waals surface area contributed by atoms with Crippen LogP contribution in [0.15, 0.2) is 64.9 Å². The molecule has 0 saturated heterocycles. The number of phenols is 1. The second-order valence-corrected chi connectivity index (χ2v) is 9.00. The average Bonchev–Trinajstić information content (AvgIpc) is 3.18. The Labute approximate surface area is 178 Å². The fourth-order valence-corrected chi connectivity index (χ4v) is 5.01. The molecule has 29 heavy (non-hydrogen) atoms. The number of carbonyl (C=O) groups is 1. The fraction of sp³-hybridized carbons (Fsp3) is 0.217. The molecule has 1 aliphatic heterocycles. The summed E-state index contributed by atoms with van der Waals surface area (Å²) in [5.41, 5.74) is 4.13. The molecular formula is C23H22N2O2S2. The number of carbonyl (C=O) groups excluding carboxylic acids is 1. The highest BCUT2D eigenvalue weighted by atomic mass is 32.2. The first-order valence-electron chi connectivity index (χ1n) is 9.51. The summed E-state index contributed by atoms with van der Waals surface area (Å²) in [6.45, 7) is 3.29. The van der Waals surface area contributed by atoms with E-state index in [0.717, 1.165) is 38.9 Å². The Morgan fingerprint density at radius 1 is 1.21 bits per heavy atom. The molecule has 1 amide bonds. The van der Waals surface area contributed by atoms with E-state index in [2.05, 4.69) is 16.4 Å². The van der Waals surface area contributed by atoms with Crippen LogP contribution in [0.25, 0.3) is 5.57 Å². The highest BCUT2D eigenvalue weighted by Crippen LogP contribution is 2.29. The molecule has 0 fully saturated rings. The maximum atomic E-state index is 13.2. The maximum Gasteiger partial charge on any atom is 0.255 e.